The van der Waals surface area contributed by atoms with Crippen LogP contribution in [0.4, 0.5) is 5.69 Å². The van der Waals surface area contributed by atoms with Gasteiger partial charge in [-0.2, -0.15) is 0 Å². The Balaban J connectivity index is 1.84. The van der Waals surface area contributed by atoms with Crippen molar-refractivity contribution in [2.45, 2.75) is 32.1 Å². The predicted molar refractivity (Wildman–Crippen MR) is 97.8 cm³/mol. The lowest BCUT2D eigenvalue weighted by molar-refractivity contribution is -0.384. The van der Waals surface area contributed by atoms with Gasteiger partial charge in [-0.25, -0.2) is 0 Å². The van der Waals surface area contributed by atoms with E-state index in [0.717, 1.165) is 25.8 Å². The van der Waals surface area contributed by atoms with E-state index in [1.54, 1.807) is 6.07 Å². The Morgan fingerprint density at radius 3 is 2.88 bits per heavy atom. The molecule has 1 heterocycles. The first-order chi connectivity index (χ1) is 11.5. The van der Waals surface area contributed by atoms with Gasteiger partial charge in [0.25, 0.3) is 11.6 Å². The predicted octanol–water partition coefficient (Wildman–Crippen LogP) is 2.72. The van der Waals surface area contributed by atoms with Crippen molar-refractivity contribution in [3.63, 3.8) is 0 Å². The minimum atomic E-state index is -0.516. The summed E-state index contributed by atoms with van der Waals surface area (Å²) in [5, 5.41) is 13.6. The van der Waals surface area contributed by atoms with Crippen molar-refractivity contribution in [1.29, 1.82) is 0 Å². The van der Waals surface area contributed by atoms with Crippen molar-refractivity contribution in [2.24, 2.45) is 0 Å². The van der Waals surface area contributed by atoms with Gasteiger partial charge >= 0.3 is 0 Å². The second kappa shape index (κ2) is 8.95. The fourth-order valence-electron chi connectivity index (χ4n) is 2.64. The van der Waals surface area contributed by atoms with Crippen LogP contribution in [0.1, 0.15) is 42.5 Å². The molecule has 1 aliphatic heterocycles. The van der Waals surface area contributed by atoms with Crippen molar-refractivity contribution in [2.75, 3.05) is 19.6 Å². The molecule has 2 amide bonds. The van der Waals surface area contributed by atoms with Gasteiger partial charge in [0.05, 0.1) is 10.5 Å². The Kier molecular flexibility index (Phi) is 6.95. The van der Waals surface area contributed by atoms with Crippen LogP contribution in [0.5, 0.6) is 0 Å². The quantitative estimate of drug-likeness (QED) is 0.316. The SMILES string of the molecule is O=C(NCCCN1CCCCCC1=O)c1cc([N+](=O)[O-])ccc1I. The maximum Gasteiger partial charge on any atom is 0.270 e. The maximum absolute atomic E-state index is 12.2. The third-order valence-electron chi connectivity index (χ3n) is 3.97. The number of benzene rings is 1. The van der Waals surface area contributed by atoms with Crippen LogP contribution >= 0.6 is 22.6 Å². The van der Waals surface area contributed by atoms with Gasteiger partial charge < -0.3 is 10.2 Å². The smallest absolute Gasteiger partial charge is 0.270 e. The van der Waals surface area contributed by atoms with Crippen LogP contribution in [0.2, 0.25) is 0 Å². The third kappa shape index (κ3) is 5.15. The second-order valence-electron chi connectivity index (χ2n) is 5.72. The molecule has 0 radical (unpaired) electrons. The number of rotatable bonds is 6. The van der Waals surface area contributed by atoms with Gasteiger partial charge in [-0.1, -0.05) is 6.42 Å². The number of nitrogens with zero attached hydrogens (tertiary/aromatic N) is 2. The highest BCUT2D eigenvalue weighted by molar-refractivity contribution is 14.1. The number of carbonyl (C=O) groups excluding carboxylic acids is 2. The summed E-state index contributed by atoms with van der Waals surface area (Å²) in [6.07, 6.45) is 4.35. The molecule has 24 heavy (non-hydrogen) atoms. The molecular weight excluding hydrogens is 425 g/mol. The highest BCUT2D eigenvalue weighted by atomic mass is 127. The summed E-state index contributed by atoms with van der Waals surface area (Å²) in [7, 11) is 0. The summed E-state index contributed by atoms with van der Waals surface area (Å²) in [5.41, 5.74) is 0.200. The highest BCUT2D eigenvalue weighted by Crippen LogP contribution is 2.19. The Labute approximate surface area is 154 Å². The number of amides is 2. The van der Waals surface area contributed by atoms with Gasteiger partial charge in [0, 0.05) is 41.8 Å². The van der Waals surface area contributed by atoms with Crippen molar-refractivity contribution < 1.29 is 14.5 Å². The average molecular weight is 445 g/mol. The minimum Gasteiger partial charge on any atom is -0.352 e. The monoisotopic (exact) mass is 445 g/mol. The molecular formula is C16H20IN3O4. The van der Waals surface area contributed by atoms with Gasteiger partial charge in [-0.15, -0.1) is 0 Å². The number of non-ortho nitro benzene ring substituents is 1. The molecule has 0 bridgehead atoms. The molecule has 2 rings (SSSR count). The molecule has 0 atom stereocenters. The van der Waals surface area contributed by atoms with Crippen molar-refractivity contribution in [3.8, 4) is 0 Å². The van der Waals surface area contributed by atoms with Crippen LogP contribution in [0, 0.1) is 13.7 Å². The molecule has 8 heteroatoms. The fourth-order valence-corrected chi connectivity index (χ4v) is 3.22. The molecule has 130 valence electrons. The molecule has 1 N–H and O–H groups in total. The van der Waals surface area contributed by atoms with Crippen molar-refractivity contribution in [1.82, 2.24) is 10.2 Å². The van der Waals surface area contributed by atoms with Crippen LogP contribution in [0.25, 0.3) is 0 Å². The molecule has 0 saturated carbocycles. The summed E-state index contributed by atoms with van der Waals surface area (Å²) in [6.45, 7) is 1.85. The Morgan fingerprint density at radius 2 is 2.12 bits per heavy atom. The summed E-state index contributed by atoms with van der Waals surface area (Å²) in [4.78, 5) is 36.2. The summed E-state index contributed by atoms with van der Waals surface area (Å²) < 4.78 is 0.665. The number of hydrogen-bond donors (Lipinski definition) is 1. The number of halogens is 1. The number of hydrogen-bond acceptors (Lipinski definition) is 4. The molecule has 0 aromatic heterocycles. The Bertz CT molecular complexity index is 636. The lowest BCUT2D eigenvalue weighted by Crippen LogP contribution is -2.34. The van der Waals surface area contributed by atoms with Crippen LogP contribution in [0.3, 0.4) is 0 Å². The van der Waals surface area contributed by atoms with E-state index in [0.29, 0.717) is 35.1 Å². The van der Waals surface area contributed by atoms with Gasteiger partial charge in [0.15, 0.2) is 0 Å². The van der Waals surface area contributed by atoms with Crippen LogP contribution < -0.4 is 5.32 Å². The van der Waals surface area contributed by atoms with Crippen LogP contribution in [-0.4, -0.2) is 41.3 Å². The van der Waals surface area contributed by atoms with Gasteiger partial charge in [-0.3, -0.25) is 19.7 Å². The molecule has 7 nitrogen and oxygen atoms in total. The molecule has 0 aliphatic carbocycles. The summed E-state index contributed by atoms with van der Waals surface area (Å²) in [6, 6.07) is 4.22. The largest absolute Gasteiger partial charge is 0.352 e. The van der Waals surface area contributed by atoms with E-state index < -0.39 is 4.92 Å². The first-order valence-electron chi connectivity index (χ1n) is 7.99. The lowest BCUT2D eigenvalue weighted by atomic mass is 10.2. The maximum atomic E-state index is 12.2. The van der Waals surface area contributed by atoms with E-state index in [9.17, 15) is 19.7 Å². The highest BCUT2D eigenvalue weighted by Gasteiger charge is 2.17. The third-order valence-corrected chi connectivity index (χ3v) is 4.91. The molecule has 1 aromatic carbocycles. The summed E-state index contributed by atoms with van der Waals surface area (Å²) >= 11 is 1.98. The van der Waals surface area contributed by atoms with Gasteiger partial charge in [0.2, 0.25) is 5.91 Å². The Morgan fingerprint density at radius 1 is 1.33 bits per heavy atom. The first kappa shape index (κ1) is 18.6. The minimum absolute atomic E-state index is 0.101. The van der Waals surface area contributed by atoms with Crippen molar-refractivity contribution >= 4 is 40.1 Å². The molecule has 1 fully saturated rings. The molecule has 0 unspecified atom stereocenters. The van der Waals surface area contributed by atoms with Crippen LogP contribution in [0.15, 0.2) is 18.2 Å². The number of nitrogens with one attached hydrogen (secondary N) is 1. The van der Waals surface area contributed by atoms with E-state index in [1.807, 2.05) is 27.5 Å². The standard InChI is InChI=1S/C16H20IN3O4/c17-14-7-6-12(20(23)24)11-13(14)16(22)18-8-4-10-19-9-3-1-2-5-15(19)21/h6-7,11H,1-5,8-10H2,(H,18,22). The average Bonchev–Trinajstić information content (AvgIpc) is 2.76. The molecule has 0 spiro atoms. The van der Waals surface area contributed by atoms with Gasteiger partial charge in [-0.05, 0) is 47.9 Å². The topological polar surface area (TPSA) is 92.6 Å². The van der Waals surface area contributed by atoms with Crippen molar-refractivity contribution in [3.05, 3.63) is 37.4 Å². The second-order valence-corrected chi connectivity index (χ2v) is 6.88. The fraction of sp³-hybridized carbons (Fsp3) is 0.500. The molecule has 1 aliphatic rings. The number of nitro groups is 1. The molecule has 1 saturated heterocycles. The zero-order valence-electron chi connectivity index (χ0n) is 13.3. The number of carbonyl (C=O) groups is 2. The Hall–Kier alpha value is -1.71. The van der Waals surface area contributed by atoms with E-state index in [4.69, 9.17) is 0 Å². The van der Waals surface area contributed by atoms with E-state index in [-0.39, 0.29) is 17.5 Å². The summed E-state index contributed by atoms with van der Waals surface area (Å²) in [5.74, 6) is -0.141. The zero-order valence-corrected chi connectivity index (χ0v) is 15.5. The number of likely N-dealkylation sites (tertiary alicyclic amines) is 1. The van der Waals surface area contributed by atoms with E-state index >= 15 is 0 Å². The van der Waals surface area contributed by atoms with E-state index in [1.165, 1.54) is 12.1 Å². The normalized spacial score (nSPS) is 15.0. The van der Waals surface area contributed by atoms with Crippen LogP contribution in [-0.2, 0) is 4.79 Å². The molecule has 1 aromatic rings. The van der Waals surface area contributed by atoms with E-state index in [2.05, 4.69) is 5.32 Å². The zero-order chi connectivity index (χ0) is 17.5. The number of nitro benzene ring substituents is 1. The van der Waals surface area contributed by atoms with Gasteiger partial charge in [0.1, 0.15) is 0 Å². The first-order valence-corrected chi connectivity index (χ1v) is 9.07. The lowest BCUT2D eigenvalue weighted by Gasteiger charge is -2.20.